The summed E-state index contributed by atoms with van der Waals surface area (Å²) in [5.74, 6) is 2.10. The summed E-state index contributed by atoms with van der Waals surface area (Å²) in [4.78, 5) is 0. The van der Waals surface area contributed by atoms with Gasteiger partial charge in [-0.2, -0.15) is 5.26 Å². The Kier molecular flexibility index (Phi) is 3.10. The smallest absolute Gasteiger partial charge is 0.161 e. The van der Waals surface area contributed by atoms with Gasteiger partial charge in [0.15, 0.2) is 11.5 Å². The average Bonchev–Trinajstić information content (AvgIpc) is 2.93. The molecule has 0 aromatic heterocycles. The first-order valence-electron chi connectivity index (χ1n) is 6.67. The molecule has 1 aromatic carbocycles. The quantitative estimate of drug-likeness (QED) is 0.800. The van der Waals surface area contributed by atoms with E-state index in [4.69, 9.17) is 9.47 Å². The standard InChI is InChI=1S/C15H17NO2/c16-10-13(11-3-1-2-4-11)12-5-6-14-15(9-12)18-8-7-17-14/h5-6,9,11,13H,1-4,7-8H2. The van der Waals surface area contributed by atoms with Crippen LogP contribution < -0.4 is 9.47 Å². The van der Waals surface area contributed by atoms with Gasteiger partial charge in [0.1, 0.15) is 13.2 Å². The van der Waals surface area contributed by atoms with Gasteiger partial charge in [-0.05, 0) is 36.5 Å². The highest BCUT2D eigenvalue weighted by Gasteiger charge is 2.27. The van der Waals surface area contributed by atoms with Crippen molar-refractivity contribution in [3.8, 4) is 17.6 Å². The van der Waals surface area contributed by atoms with Gasteiger partial charge in [0.25, 0.3) is 0 Å². The maximum atomic E-state index is 9.42. The van der Waals surface area contributed by atoms with Crippen molar-refractivity contribution in [2.24, 2.45) is 5.92 Å². The van der Waals surface area contributed by atoms with Crippen LogP contribution in [0.3, 0.4) is 0 Å². The van der Waals surface area contributed by atoms with Crippen LogP contribution in [0.1, 0.15) is 37.2 Å². The molecule has 0 amide bonds. The van der Waals surface area contributed by atoms with E-state index < -0.39 is 0 Å². The zero-order valence-electron chi connectivity index (χ0n) is 10.4. The lowest BCUT2D eigenvalue weighted by molar-refractivity contribution is 0.171. The number of hydrogen-bond donors (Lipinski definition) is 0. The second-order valence-electron chi connectivity index (χ2n) is 5.05. The van der Waals surface area contributed by atoms with Crippen LogP contribution in [0.5, 0.6) is 11.5 Å². The van der Waals surface area contributed by atoms with Crippen LogP contribution in [0.2, 0.25) is 0 Å². The lowest BCUT2D eigenvalue weighted by Crippen LogP contribution is -2.16. The van der Waals surface area contributed by atoms with Gasteiger partial charge in [-0.3, -0.25) is 0 Å². The Labute approximate surface area is 107 Å². The van der Waals surface area contributed by atoms with Gasteiger partial charge in [0.2, 0.25) is 0 Å². The summed E-state index contributed by atoms with van der Waals surface area (Å²) in [6.07, 6.45) is 4.86. The molecule has 3 nitrogen and oxygen atoms in total. The Morgan fingerprint density at radius 1 is 1.11 bits per heavy atom. The molecule has 0 N–H and O–H groups in total. The first-order valence-corrected chi connectivity index (χ1v) is 6.67. The predicted molar refractivity (Wildman–Crippen MR) is 67.7 cm³/mol. The number of benzene rings is 1. The molecule has 1 aliphatic heterocycles. The summed E-state index contributed by atoms with van der Waals surface area (Å²) in [5.41, 5.74) is 1.08. The molecule has 3 rings (SSSR count). The van der Waals surface area contributed by atoms with E-state index >= 15 is 0 Å². The van der Waals surface area contributed by atoms with Gasteiger partial charge in [-0.15, -0.1) is 0 Å². The molecule has 0 bridgehead atoms. The van der Waals surface area contributed by atoms with Gasteiger partial charge in [-0.25, -0.2) is 0 Å². The van der Waals surface area contributed by atoms with E-state index in [0.29, 0.717) is 19.1 Å². The Morgan fingerprint density at radius 2 is 1.83 bits per heavy atom. The Morgan fingerprint density at radius 3 is 2.56 bits per heavy atom. The van der Waals surface area contributed by atoms with Crippen molar-refractivity contribution in [1.29, 1.82) is 5.26 Å². The third kappa shape index (κ3) is 2.03. The van der Waals surface area contributed by atoms with E-state index in [9.17, 15) is 5.26 Å². The van der Waals surface area contributed by atoms with Crippen LogP contribution in [-0.4, -0.2) is 13.2 Å². The van der Waals surface area contributed by atoms with Crippen molar-refractivity contribution in [3.63, 3.8) is 0 Å². The molecular formula is C15H17NO2. The van der Waals surface area contributed by atoms with E-state index in [1.165, 1.54) is 25.7 Å². The summed E-state index contributed by atoms with van der Waals surface area (Å²) in [6, 6.07) is 8.40. The average molecular weight is 243 g/mol. The van der Waals surface area contributed by atoms with E-state index in [1.807, 2.05) is 18.2 Å². The van der Waals surface area contributed by atoms with E-state index in [1.54, 1.807) is 0 Å². The third-order valence-corrected chi connectivity index (χ3v) is 3.94. The number of rotatable bonds is 2. The molecule has 0 radical (unpaired) electrons. The molecule has 94 valence electrons. The molecule has 0 saturated heterocycles. The molecule has 2 aliphatic rings. The van der Waals surface area contributed by atoms with Crippen molar-refractivity contribution in [2.75, 3.05) is 13.2 Å². The molecule has 1 aliphatic carbocycles. The van der Waals surface area contributed by atoms with Gasteiger partial charge in [0.05, 0.1) is 12.0 Å². The highest BCUT2D eigenvalue weighted by Crippen LogP contribution is 2.40. The summed E-state index contributed by atoms with van der Waals surface area (Å²) >= 11 is 0. The van der Waals surface area contributed by atoms with Gasteiger partial charge in [-0.1, -0.05) is 18.9 Å². The summed E-state index contributed by atoms with van der Waals surface area (Å²) in [6.45, 7) is 1.20. The van der Waals surface area contributed by atoms with Crippen LogP contribution in [-0.2, 0) is 0 Å². The molecule has 18 heavy (non-hydrogen) atoms. The van der Waals surface area contributed by atoms with E-state index in [-0.39, 0.29) is 5.92 Å². The fraction of sp³-hybridized carbons (Fsp3) is 0.533. The van der Waals surface area contributed by atoms with Gasteiger partial charge < -0.3 is 9.47 Å². The fourth-order valence-corrected chi connectivity index (χ4v) is 3.00. The SMILES string of the molecule is N#CC(c1ccc2c(c1)OCCO2)C1CCCC1. The van der Waals surface area contributed by atoms with Crippen LogP contribution in [0.4, 0.5) is 0 Å². The number of fused-ring (bicyclic) bond motifs is 1. The first kappa shape index (κ1) is 11.4. The largest absolute Gasteiger partial charge is 0.486 e. The molecule has 3 heteroatoms. The van der Waals surface area contributed by atoms with E-state index in [0.717, 1.165) is 17.1 Å². The maximum Gasteiger partial charge on any atom is 0.161 e. The van der Waals surface area contributed by atoms with Crippen molar-refractivity contribution in [3.05, 3.63) is 23.8 Å². The number of ether oxygens (including phenoxy) is 2. The highest BCUT2D eigenvalue weighted by molar-refractivity contribution is 5.46. The maximum absolute atomic E-state index is 9.42. The molecule has 1 heterocycles. The molecule has 0 spiro atoms. The Balaban J connectivity index is 1.88. The van der Waals surface area contributed by atoms with Crippen molar-refractivity contribution < 1.29 is 9.47 Å². The first-order chi connectivity index (χ1) is 8.88. The van der Waals surface area contributed by atoms with Crippen molar-refractivity contribution in [2.45, 2.75) is 31.6 Å². The monoisotopic (exact) mass is 243 g/mol. The van der Waals surface area contributed by atoms with Crippen molar-refractivity contribution in [1.82, 2.24) is 0 Å². The molecular weight excluding hydrogens is 226 g/mol. The lowest BCUT2D eigenvalue weighted by Gasteiger charge is -2.21. The zero-order valence-corrected chi connectivity index (χ0v) is 10.4. The van der Waals surface area contributed by atoms with Crippen LogP contribution in [0, 0.1) is 17.2 Å². The molecule has 1 saturated carbocycles. The number of nitrogens with zero attached hydrogens (tertiary/aromatic N) is 1. The van der Waals surface area contributed by atoms with E-state index in [2.05, 4.69) is 6.07 Å². The number of hydrogen-bond acceptors (Lipinski definition) is 3. The molecule has 1 fully saturated rings. The number of nitriles is 1. The summed E-state index contributed by atoms with van der Waals surface area (Å²) in [7, 11) is 0. The second kappa shape index (κ2) is 4.89. The van der Waals surface area contributed by atoms with Crippen LogP contribution in [0.15, 0.2) is 18.2 Å². The second-order valence-corrected chi connectivity index (χ2v) is 5.05. The fourth-order valence-electron chi connectivity index (χ4n) is 3.00. The zero-order chi connectivity index (χ0) is 12.4. The predicted octanol–water partition coefficient (Wildman–Crippen LogP) is 3.26. The molecule has 1 aromatic rings. The van der Waals surface area contributed by atoms with Gasteiger partial charge in [0, 0.05) is 0 Å². The topological polar surface area (TPSA) is 42.2 Å². The summed E-state index contributed by atoms with van der Waals surface area (Å²) < 4.78 is 11.1. The lowest BCUT2D eigenvalue weighted by atomic mass is 9.86. The minimum absolute atomic E-state index is 0.00308. The normalized spacial score (nSPS) is 20.4. The van der Waals surface area contributed by atoms with Crippen molar-refractivity contribution >= 4 is 0 Å². The van der Waals surface area contributed by atoms with Crippen LogP contribution in [0.25, 0.3) is 0 Å². The Hall–Kier alpha value is -1.69. The minimum Gasteiger partial charge on any atom is -0.486 e. The van der Waals surface area contributed by atoms with Crippen LogP contribution >= 0.6 is 0 Å². The van der Waals surface area contributed by atoms with Gasteiger partial charge >= 0.3 is 0 Å². The summed E-state index contributed by atoms with van der Waals surface area (Å²) in [5, 5.41) is 9.42. The minimum atomic E-state index is 0.00308. The molecule has 1 atom stereocenters. The Bertz CT molecular complexity index is 472. The highest BCUT2D eigenvalue weighted by atomic mass is 16.6. The molecule has 1 unspecified atom stereocenters. The third-order valence-electron chi connectivity index (χ3n) is 3.94.